The molecule has 0 saturated carbocycles. The highest BCUT2D eigenvalue weighted by Gasteiger charge is 2.09. The van der Waals surface area contributed by atoms with Crippen molar-refractivity contribution in [2.45, 2.75) is 13.3 Å². The summed E-state index contributed by atoms with van der Waals surface area (Å²) in [6, 6.07) is 1.89. The number of nitrogens with zero attached hydrogens (tertiary/aromatic N) is 3. The van der Waals surface area contributed by atoms with Gasteiger partial charge in [-0.1, -0.05) is 0 Å². The average Bonchev–Trinajstić information content (AvgIpc) is 2.46. The van der Waals surface area contributed by atoms with E-state index < -0.39 is 0 Å². The van der Waals surface area contributed by atoms with Crippen LogP contribution in [-0.2, 0) is 13.3 Å². The second-order valence-corrected chi connectivity index (χ2v) is 2.93. The smallest absolute Gasteiger partial charge is 0.112 e. The maximum atomic E-state index is 8.84. The molecule has 2 heterocycles. The summed E-state index contributed by atoms with van der Waals surface area (Å²) in [5, 5.41) is 13.0. The van der Waals surface area contributed by atoms with Crippen LogP contribution in [0.1, 0.15) is 11.4 Å². The van der Waals surface area contributed by atoms with E-state index in [1.54, 1.807) is 0 Å². The van der Waals surface area contributed by atoms with Crippen LogP contribution >= 0.6 is 0 Å². The van der Waals surface area contributed by atoms with Gasteiger partial charge in [-0.05, 0) is 12.1 Å². The van der Waals surface area contributed by atoms with Crippen molar-refractivity contribution >= 4 is 6.08 Å². The molecule has 0 spiro atoms. The number of hydrogen-bond acceptors (Lipinski definition) is 3. The van der Waals surface area contributed by atoms with Crippen molar-refractivity contribution < 1.29 is 5.11 Å². The van der Waals surface area contributed by atoms with Gasteiger partial charge in [0.2, 0.25) is 0 Å². The van der Waals surface area contributed by atoms with E-state index in [1.807, 2.05) is 35.0 Å². The van der Waals surface area contributed by atoms with Gasteiger partial charge in [0.1, 0.15) is 6.67 Å². The standard InChI is InChI=1S/C8H11N3O/c1-10-3-2-8-4-7(5-12)9-11(8)6-10/h2-4,12H,5-6H2,1H3. The summed E-state index contributed by atoms with van der Waals surface area (Å²) in [6.07, 6.45) is 3.98. The van der Waals surface area contributed by atoms with Crippen LogP contribution in [0.4, 0.5) is 0 Å². The Morgan fingerprint density at radius 3 is 3.25 bits per heavy atom. The Morgan fingerprint density at radius 2 is 2.50 bits per heavy atom. The van der Waals surface area contributed by atoms with Crippen LogP contribution in [0.5, 0.6) is 0 Å². The molecule has 0 unspecified atom stereocenters. The topological polar surface area (TPSA) is 41.3 Å². The fourth-order valence-electron chi connectivity index (χ4n) is 1.27. The third-order valence-electron chi connectivity index (χ3n) is 1.88. The number of rotatable bonds is 1. The van der Waals surface area contributed by atoms with E-state index in [0.29, 0.717) is 0 Å². The molecule has 0 radical (unpaired) electrons. The molecule has 2 rings (SSSR count). The molecule has 4 heteroatoms. The van der Waals surface area contributed by atoms with Gasteiger partial charge in [-0.2, -0.15) is 5.10 Å². The lowest BCUT2D eigenvalue weighted by molar-refractivity contribution is 0.271. The quantitative estimate of drug-likeness (QED) is 0.648. The summed E-state index contributed by atoms with van der Waals surface area (Å²) >= 11 is 0. The number of aliphatic hydroxyl groups is 1. The lowest BCUT2D eigenvalue weighted by Crippen LogP contribution is -2.21. The number of aliphatic hydroxyl groups excluding tert-OH is 1. The minimum atomic E-state index is 0.0115. The van der Waals surface area contributed by atoms with Crippen LogP contribution < -0.4 is 0 Å². The summed E-state index contributed by atoms with van der Waals surface area (Å²) in [4.78, 5) is 2.03. The third-order valence-corrected chi connectivity index (χ3v) is 1.88. The van der Waals surface area contributed by atoms with Crippen molar-refractivity contribution in [1.82, 2.24) is 14.7 Å². The lowest BCUT2D eigenvalue weighted by Gasteiger charge is -2.19. The fourth-order valence-corrected chi connectivity index (χ4v) is 1.27. The van der Waals surface area contributed by atoms with Gasteiger partial charge in [0.25, 0.3) is 0 Å². The van der Waals surface area contributed by atoms with Gasteiger partial charge in [0.15, 0.2) is 0 Å². The summed E-state index contributed by atoms with van der Waals surface area (Å²) < 4.78 is 1.87. The maximum Gasteiger partial charge on any atom is 0.112 e. The van der Waals surface area contributed by atoms with E-state index in [4.69, 9.17) is 5.11 Å². The van der Waals surface area contributed by atoms with E-state index in [-0.39, 0.29) is 6.61 Å². The van der Waals surface area contributed by atoms with Crippen LogP contribution in [0.25, 0.3) is 6.08 Å². The van der Waals surface area contributed by atoms with Crippen molar-refractivity contribution in [2.24, 2.45) is 0 Å². The highest BCUT2D eigenvalue weighted by Crippen LogP contribution is 2.12. The van der Waals surface area contributed by atoms with Crippen LogP contribution in [0.15, 0.2) is 12.3 Å². The molecule has 1 aliphatic rings. The molecule has 4 nitrogen and oxygen atoms in total. The second-order valence-electron chi connectivity index (χ2n) is 2.93. The number of aromatic nitrogens is 2. The van der Waals surface area contributed by atoms with Gasteiger partial charge >= 0.3 is 0 Å². The van der Waals surface area contributed by atoms with E-state index in [2.05, 4.69) is 5.10 Å². The van der Waals surface area contributed by atoms with Crippen molar-refractivity contribution in [3.05, 3.63) is 23.7 Å². The van der Waals surface area contributed by atoms with Gasteiger partial charge in [-0.25, -0.2) is 4.68 Å². The Morgan fingerprint density at radius 1 is 1.67 bits per heavy atom. The molecule has 0 atom stereocenters. The zero-order valence-electron chi connectivity index (χ0n) is 6.94. The van der Waals surface area contributed by atoms with E-state index in [9.17, 15) is 0 Å². The predicted octanol–water partition coefficient (Wildman–Crippen LogP) is 0.249. The van der Waals surface area contributed by atoms with Crippen molar-refractivity contribution in [1.29, 1.82) is 0 Å². The zero-order chi connectivity index (χ0) is 8.55. The molecule has 0 amide bonds. The minimum Gasteiger partial charge on any atom is -0.390 e. The third kappa shape index (κ3) is 1.10. The van der Waals surface area contributed by atoms with Gasteiger partial charge in [0.05, 0.1) is 18.0 Å². The van der Waals surface area contributed by atoms with Crippen molar-refractivity contribution in [3.63, 3.8) is 0 Å². The molecular formula is C8H11N3O. The molecule has 0 aliphatic carbocycles. The normalized spacial score (nSPS) is 15.0. The van der Waals surface area contributed by atoms with Gasteiger partial charge in [-0.15, -0.1) is 0 Å². The fraction of sp³-hybridized carbons (Fsp3) is 0.375. The Bertz CT molecular complexity index is 316. The van der Waals surface area contributed by atoms with Crippen LogP contribution in [0.3, 0.4) is 0 Å². The monoisotopic (exact) mass is 165 g/mol. The lowest BCUT2D eigenvalue weighted by atomic mass is 10.3. The maximum absolute atomic E-state index is 8.84. The molecule has 0 aromatic carbocycles. The first-order chi connectivity index (χ1) is 5.79. The first-order valence-corrected chi connectivity index (χ1v) is 3.85. The van der Waals surface area contributed by atoms with Gasteiger partial charge < -0.3 is 10.0 Å². The van der Waals surface area contributed by atoms with E-state index in [0.717, 1.165) is 18.1 Å². The molecule has 1 aromatic heterocycles. The summed E-state index contributed by atoms with van der Waals surface area (Å²) in [5.41, 5.74) is 1.78. The Balaban J connectivity index is 2.37. The summed E-state index contributed by atoms with van der Waals surface area (Å²) in [7, 11) is 1.99. The van der Waals surface area contributed by atoms with E-state index >= 15 is 0 Å². The molecule has 0 fully saturated rings. The molecule has 1 N–H and O–H groups in total. The van der Waals surface area contributed by atoms with Gasteiger partial charge in [-0.3, -0.25) is 0 Å². The molecule has 0 bridgehead atoms. The zero-order valence-corrected chi connectivity index (χ0v) is 6.94. The van der Waals surface area contributed by atoms with Crippen molar-refractivity contribution in [3.8, 4) is 0 Å². The molecule has 0 saturated heterocycles. The van der Waals surface area contributed by atoms with Gasteiger partial charge in [0, 0.05) is 13.2 Å². The molecular weight excluding hydrogens is 154 g/mol. The predicted molar refractivity (Wildman–Crippen MR) is 44.9 cm³/mol. The SMILES string of the molecule is CN1C=Cc2cc(CO)nn2C1. The minimum absolute atomic E-state index is 0.0115. The second kappa shape index (κ2) is 2.64. The average molecular weight is 165 g/mol. The van der Waals surface area contributed by atoms with Crippen LogP contribution in [0.2, 0.25) is 0 Å². The largest absolute Gasteiger partial charge is 0.390 e. The Kier molecular flexibility index (Phi) is 1.62. The Hall–Kier alpha value is -1.29. The first-order valence-electron chi connectivity index (χ1n) is 3.85. The number of fused-ring (bicyclic) bond motifs is 1. The highest BCUT2D eigenvalue weighted by molar-refractivity contribution is 5.46. The molecule has 1 aliphatic heterocycles. The highest BCUT2D eigenvalue weighted by atomic mass is 16.3. The molecule has 1 aromatic rings. The Labute approximate surface area is 70.7 Å². The number of hydrogen-bond donors (Lipinski definition) is 1. The van der Waals surface area contributed by atoms with E-state index in [1.165, 1.54) is 0 Å². The van der Waals surface area contributed by atoms with Crippen molar-refractivity contribution in [2.75, 3.05) is 7.05 Å². The van der Waals surface area contributed by atoms with Crippen LogP contribution in [0, 0.1) is 0 Å². The summed E-state index contributed by atoms with van der Waals surface area (Å²) in [6.45, 7) is 0.767. The molecule has 12 heavy (non-hydrogen) atoms. The molecule has 64 valence electrons. The summed E-state index contributed by atoms with van der Waals surface area (Å²) in [5.74, 6) is 0. The first kappa shape index (κ1) is 7.36. The van der Waals surface area contributed by atoms with Crippen LogP contribution in [-0.4, -0.2) is 26.8 Å².